The van der Waals surface area contributed by atoms with E-state index in [2.05, 4.69) is 6.92 Å². The Kier molecular flexibility index (Phi) is 1.76. The second kappa shape index (κ2) is 2.57. The van der Waals surface area contributed by atoms with E-state index in [9.17, 15) is 10.1 Å². The average Bonchev–Trinajstić information content (AvgIpc) is 1.94. The molecule has 1 rings (SSSR count). The molecule has 0 aliphatic heterocycles. The molecule has 0 saturated carbocycles. The van der Waals surface area contributed by atoms with Gasteiger partial charge in [-0.2, -0.15) is 0 Å². The van der Waals surface area contributed by atoms with Crippen LogP contribution in [0, 0.1) is 17.0 Å². The van der Waals surface area contributed by atoms with Gasteiger partial charge < -0.3 is 5.73 Å². The Morgan fingerprint density at radius 1 is 1.55 bits per heavy atom. The second-order valence-corrected chi connectivity index (χ2v) is 2.14. The highest BCUT2D eigenvalue weighted by molar-refractivity contribution is 5.54. The van der Waals surface area contributed by atoms with Crippen LogP contribution in [0.3, 0.4) is 0 Å². The lowest BCUT2D eigenvalue weighted by Gasteiger charge is -1.97. The van der Waals surface area contributed by atoms with Gasteiger partial charge in [0.15, 0.2) is 0 Å². The minimum atomic E-state index is -0.490. The average molecular weight is 151 g/mol. The molecule has 0 amide bonds. The van der Waals surface area contributed by atoms with Crippen molar-refractivity contribution in [2.75, 3.05) is 5.73 Å². The highest BCUT2D eigenvalue weighted by Gasteiger charge is 2.05. The van der Waals surface area contributed by atoms with E-state index < -0.39 is 4.92 Å². The summed E-state index contributed by atoms with van der Waals surface area (Å²) in [7, 11) is 0. The summed E-state index contributed by atoms with van der Waals surface area (Å²) in [5.41, 5.74) is 6.34. The molecule has 0 saturated heterocycles. The van der Waals surface area contributed by atoms with E-state index in [4.69, 9.17) is 5.73 Å². The molecule has 0 unspecified atom stereocenters. The molecule has 57 valence electrons. The molecule has 0 aliphatic carbocycles. The third-order valence-corrected chi connectivity index (χ3v) is 1.34. The summed E-state index contributed by atoms with van der Waals surface area (Å²) < 4.78 is 0. The summed E-state index contributed by atoms with van der Waals surface area (Å²) in [5.74, 6) is 0. The van der Waals surface area contributed by atoms with Gasteiger partial charge in [-0.15, -0.1) is 0 Å². The molecule has 1 aromatic rings. The van der Waals surface area contributed by atoms with Crippen molar-refractivity contribution in [1.82, 2.24) is 0 Å². The number of rotatable bonds is 1. The smallest absolute Gasteiger partial charge is 0.271 e. The molecule has 1 aromatic carbocycles. The quantitative estimate of drug-likeness (QED) is 0.374. The van der Waals surface area contributed by atoms with Crippen LogP contribution in [0.25, 0.3) is 0 Å². The van der Waals surface area contributed by atoms with Crippen LogP contribution >= 0.6 is 0 Å². The van der Waals surface area contributed by atoms with Crippen molar-refractivity contribution in [2.24, 2.45) is 0 Å². The maximum Gasteiger partial charge on any atom is 0.271 e. The first-order chi connectivity index (χ1) is 5.11. The van der Waals surface area contributed by atoms with Crippen molar-refractivity contribution in [1.29, 1.82) is 0 Å². The lowest BCUT2D eigenvalue weighted by molar-refractivity contribution is -0.384. The monoisotopic (exact) mass is 151 g/mol. The van der Waals surface area contributed by atoms with Crippen LogP contribution < -0.4 is 5.73 Å². The summed E-state index contributed by atoms with van der Waals surface area (Å²) >= 11 is 0. The van der Waals surface area contributed by atoms with E-state index in [0.717, 1.165) is 0 Å². The minimum absolute atomic E-state index is 0.00472. The van der Waals surface area contributed by atoms with E-state index >= 15 is 0 Å². The van der Waals surface area contributed by atoms with Gasteiger partial charge in [-0.3, -0.25) is 10.1 Å². The van der Waals surface area contributed by atoms with Gasteiger partial charge in [0.1, 0.15) is 0 Å². The van der Waals surface area contributed by atoms with Crippen molar-refractivity contribution in [3.05, 3.63) is 40.8 Å². The topological polar surface area (TPSA) is 69.2 Å². The summed E-state index contributed by atoms with van der Waals surface area (Å²) in [6.45, 7) is 3.57. The number of benzene rings is 1. The Labute approximate surface area is 63.8 Å². The standard InChI is InChI=1S/C7H7N2O2/c1-5-2-3-6(9(10)11)4-7(5)8/h2-4H,1,8H2. The summed E-state index contributed by atoms with van der Waals surface area (Å²) in [4.78, 5) is 9.70. The van der Waals surface area contributed by atoms with Crippen molar-refractivity contribution in [3.63, 3.8) is 0 Å². The Morgan fingerprint density at radius 2 is 2.18 bits per heavy atom. The lowest BCUT2D eigenvalue weighted by atomic mass is 10.2. The molecular weight excluding hydrogens is 144 g/mol. The van der Waals surface area contributed by atoms with Gasteiger partial charge in [0, 0.05) is 17.8 Å². The molecule has 4 nitrogen and oxygen atoms in total. The fraction of sp³-hybridized carbons (Fsp3) is 0. The summed E-state index contributed by atoms with van der Waals surface area (Å²) in [6.07, 6.45) is 0. The zero-order valence-corrected chi connectivity index (χ0v) is 5.78. The molecule has 0 atom stereocenters. The number of nitrogens with two attached hydrogens (primary N) is 1. The van der Waals surface area contributed by atoms with E-state index in [1.807, 2.05) is 0 Å². The molecule has 0 aromatic heterocycles. The fourth-order valence-corrected chi connectivity index (χ4v) is 0.696. The highest BCUT2D eigenvalue weighted by Crippen LogP contribution is 2.18. The van der Waals surface area contributed by atoms with Gasteiger partial charge in [0.2, 0.25) is 0 Å². The van der Waals surface area contributed by atoms with Gasteiger partial charge in [0.05, 0.1) is 4.92 Å². The summed E-state index contributed by atoms with van der Waals surface area (Å²) in [5, 5.41) is 10.2. The number of nitrogens with zero attached hydrogens (tertiary/aromatic N) is 1. The van der Waals surface area contributed by atoms with Crippen LogP contribution in [-0.4, -0.2) is 4.92 Å². The maximum absolute atomic E-state index is 10.2. The molecule has 0 aliphatic rings. The molecule has 0 bridgehead atoms. The van der Waals surface area contributed by atoms with Gasteiger partial charge in [-0.05, 0) is 12.5 Å². The number of non-ortho nitro benzene ring substituents is 1. The van der Waals surface area contributed by atoms with Crippen molar-refractivity contribution < 1.29 is 4.92 Å². The molecule has 4 heteroatoms. The first-order valence-electron chi connectivity index (χ1n) is 2.97. The normalized spacial score (nSPS) is 9.55. The molecule has 0 heterocycles. The third kappa shape index (κ3) is 1.46. The Morgan fingerprint density at radius 3 is 2.64 bits per heavy atom. The third-order valence-electron chi connectivity index (χ3n) is 1.34. The van der Waals surface area contributed by atoms with Crippen LogP contribution in [0.5, 0.6) is 0 Å². The Balaban J connectivity index is 3.15. The number of nitro benzene ring substituents is 1. The molecule has 1 radical (unpaired) electrons. The first-order valence-corrected chi connectivity index (χ1v) is 2.97. The van der Waals surface area contributed by atoms with Gasteiger partial charge in [0.25, 0.3) is 5.69 Å². The maximum atomic E-state index is 10.2. The van der Waals surface area contributed by atoms with E-state index in [1.54, 1.807) is 0 Å². The molecular formula is C7H7N2O2. The van der Waals surface area contributed by atoms with Crippen molar-refractivity contribution in [3.8, 4) is 0 Å². The minimum Gasteiger partial charge on any atom is -0.398 e. The first kappa shape index (κ1) is 7.53. The predicted molar refractivity (Wildman–Crippen MR) is 42.0 cm³/mol. The second-order valence-electron chi connectivity index (χ2n) is 2.14. The number of hydrogen-bond acceptors (Lipinski definition) is 3. The van der Waals surface area contributed by atoms with E-state index in [-0.39, 0.29) is 5.69 Å². The predicted octanol–water partition coefficient (Wildman–Crippen LogP) is 1.36. The number of anilines is 1. The van der Waals surface area contributed by atoms with E-state index in [0.29, 0.717) is 11.3 Å². The van der Waals surface area contributed by atoms with Crippen molar-refractivity contribution >= 4 is 11.4 Å². The van der Waals surface area contributed by atoms with Crippen molar-refractivity contribution in [2.45, 2.75) is 0 Å². The summed E-state index contributed by atoms with van der Waals surface area (Å²) in [6, 6.07) is 4.19. The largest absolute Gasteiger partial charge is 0.398 e. The number of hydrogen-bond donors (Lipinski definition) is 1. The van der Waals surface area contributed by atoms with Crippen LogP contribution in [0.1, 0.15) is 5.56 Å². The lowest BCUT2D eigenvalue weighted by Crippen LogP contribution is -1.92. The van der Waals surface area contributed by atoms with Crippen LogP contribution in [0.2, 0.25) is 0 Å². The van der Waals surface area contributed by atoms with Gasteiger partial charge in [-0.25, -0.2) is 0 Å². The van der Waals surface area contributed by atoms with E-state index in [1.165, 1.54) is 18.2 Å². The molecule has 0 fully saturated rings. The highest BCUT2D eigenvalue weighted by atomic mass is 16.6. The molecule has 2 N–H and O–H groups in total. The van der Waals surface area contributed by atoms with Crippen LogP contribution in [0.15, 0.2) is 18.2 Å². The zero-order valence-electron chi connectivity index (χ0n) is 5.78. The van der Waals surface area contributed by atoms with Gasteiger partial charge >= 0.3 is 0 Å². The van der Waals surface area contributed by atoms with Crippen LogP contribution in [-0.2, 0) is 0 Å². The molecule has 0 spiro atoms. The van der Waals surface area contributed by atoms with Crippen LogP contribution in [0.4, 0.5) is 11.4 Å². The number of nitro groups is 1. The SMILES string of the molecule is [CH2]c1ccc([N+](=O)[O-])cc1N. The fourth-order valence-electron chi connectivity index (χ4n) is 0.696. The Hall–Kier alpha value is -1.58. The molecule has 11 heavy (non-hydrogen) atoms. The van der Waals surface area contributed by atoms with Gasteiger partial charge in [-0.1, -0.05) is 6.07 Å². The number of nitrogen functional groups attached to an aromatic ring is 1. The Bertz CT molecular complexity index is 296. The zero-order chi connectivity index (χ0) is 8.43.